The van der Waals surface area contributed by atoms with Crippen LogP contribution in [0.1, 0.15) is 30.4 Å². The third-order valence-corrected chi connectivity index (χ3v) is 2.99. The predicted molar refractivity (Wildman–Crippen MR) is 76.3 cm³/mol. The number of aliphatic carboxylic acids is 1. The molecular formula is C13H17BrN2O3. The van der Waals surface area contributed by atoms with Crippen LogP contribution in [0.3, 0.4) is 0 Å². The zero-order valence-corrected chi connectivity index (χ0v) is 12.6. The Morgan fingerprint density at radius 1 is 1.58 bits per heavy atom. The third kappa shape index (κ3) is 3.96. The highest BCUT2D eigenvalue weighted by atomic mass is 79.9. The minimum Gasteiger partial charge on any atom is -0.480 e. The molecule has 104 valence electrons. The molecule has 0 saturated carbocycles. The highest BCUT2D eigenvalue weighted by molar-refractivity contribution is 9.10. The fourth-order valence-corrected chi connectivity index (χ4v) is 2.18. The molecule has 1 aromatic heterocycles. The van der Waals surface area contributed by atoms with Crippen LogP contribution in [0.5, 0.6) is 0 Å². The fourth-order valence-electron chi connectivity index (χ4n) is 1.74. The number of hydrogen-bond donors (Lipinski definition) is 1. The van der Waals surface area contributed by atoms with Crippen molar-refractivity contribution in [1.29, 1.82) is 0 Å². The van der Waals surface area contributed by atoms with Gasteiger partial charge in [0.25, 0.3) is 5.91 Å². The number of aromatic nitrogens is 1. The number of halogens is 1. The van der Waals surface area contributed by atoms with Gasteiger partial charge < -0.3 is 14.6 Å². The average molecular weight is 329 g/mol. The number of rotatable bonds is 6. The Hall–Kier alpha value is -1.56. The van der Waals surface area contributed by atoms with E-state index in [2.05, 4.69) is 22.5 Å². The maximum absolute atomic E-state index is 12.4. The lowest BCUT2D eigenvalue weighted by molar-refractivity contribution is -0.137. The second-order valence-electron chi connectivity index (χ2n) is 4.41. The summed E-state index contributed by atoms with van der Waals surface area (Å²) in [5, 5.41) is 8.85. The molecule has 1 rings (SSSR count). The van der Waals surface area contributed by atoms with E-state index in [0.717, 1.165) is 4.47 Å². The van der Waals surface area contributed by atoms with Crippen molar-refractivity contribution < 1.29 is 14.7 Å². The number of nitrogens with zero attached hydrogens (tertiary/aromatic N) is 2. The molecule has 0 unspecified atom stereocenters. The molecule has 0 saturated heterocycles. The van der Waals surface area contributed by atoms with Crippen LogP contribution >= 0.6 is 15.9 Å². The van der Waals surface area contributed by atoms with Crippen molar-refractivity contribution in [3.8, 4) is 0 Å². The standard InChI is InChI=1S/C13H17BrN2O3/c1-4-5-15(8-12(17)18)13(19)11-6-10(14)7-16(11)9(2)3/h4,6-7,9H,1,5,8H2,2-3H3,(H,17,18). The second-order valence-corrected chi connectivity index (χ2v) is 5.33. The summed E-state index contributed by atoms with van der Waals surface area (Å²) < 4.78 is 2.60. The molecule has 0 radical (unpaired) electrons. The summed E-state index contributed by atoms with van der Waals surface area (Å²) in [5.74, 6) is -1.36. The highest BCUT2D eigenvalue weighted by Crippen LogP contribution is 2.20. The molecule has 0 spiro atoms. The van der Waals surface area contributed by atoms with E-state index in [1.54, 1.807) is 6.07 Å². The maximum atomic E-state index is 12.4. The van der Waals surface area contributed by atoms with Gasteiger partial charge in [-0.1, -0.05) is 6.08 Å². The monoisotopic (exact) mass is 328 g/mol. The van der Waals surface area contributed by atoms with Crippen molar-refractivity contribution in [3.05, 3.63) is 35.1 Å². The minimum absolute atomic E-state index is 0.112. The largest absolute Gasteiger partial charge is 0.480 e. The van der Waals surface area contributed by atoms with Gasteiger partial charge in [0.1, 0.15) is 12.2 Å². The molecule has 5 nitrogen and oxygen atoms in total. The second kappa shape index (κ2) is 6.56. The molecule has 0 aromatic carbocycles. The van der Waals surface area contributed by atoms with Gasteiger partial charge in [0, 0.05) is 23.3 Å². The van der Waals surface area contributed by atoms with E-state index in [9.17, 15) is 9.59 Å². The lowest BCUT2D eigenvalue weighted by atomic mass is 10.3. The van der Waals surface area contributed by atoms with E-state index in [-0.39, 0.29) is 25.0 Å². The maximum Gasteiger partial charge on any atom is 0.323 e. The van der Waals surface area contributed by atoms with E-state index in [4.69, 9.17) is 5.11 Å². The number of carbonyl (C=O) groups excluding carboxylic acids is 1. The Balaban J connectivity index is 3.08. The molecule has 0 aliphatic heterocycles. The van der Waals surface area contributed by atoms with Crippen LogP contribution in [0.2, 0.25) is 0 Å². The molecule has 0 bridgehead atoms. The zero-order valence-electron chi connectivity index (χ0n) is 11.0. The zero-order chi connectivity index (χ0) is 14.6. The summed E-state index contributed by atoms with van der Waals surface area (Å²) in [6.45, 7) is 7.32. The van der Waals surface area contributed by atoms with Crippen LogP contribution in [0.25, 0.3) is 0 Å². The van der Waals surface area contributed by atoms with Crippen LogP contribution in [-0.2, 0) is 4.79 Å². The highest BCUT2D eigenvalue weighted by Gasteiger charge is 2.22. The Morgan fingerprint density at radius 2 is 2.21 bits per heavy atom. The molecule has 19 heavy (non-hydrogen) atoms. The molecule has 1 amide bonds. The molecule has 0 aliphatic rings. The quantitative estimate of drug-likeness (QED) is 0.816. The Labute approximate surface area is 120 Å². The van der Waals surface area contributed by atoms with Crippen molar-refractivity contribution in [2.45, 2.75) is 19.9 Å². The third-order valence-electron chi connectivity index (χ3n) is 2.55. The topological polar surface area (TPSA) is 62.5 Å². The first-order chi connectivity index (χ1) is 8.86. The van der Waals surface area contributed by atoms with Crippen molar-refractivity contribution in [2.24, 2.45) is 0 Å². The molecule has 1 N–H and O–H groups in total. The van der Waals surface area contributed by atoms with Crippen LogP contribution in [0.4, 0.5) is 0 Å². The number of carbonyl (C=O) groups is 2. The van der Waals surface area contributed by atoms with E-state index in [1.165, 1.54) is 11.0 Å². The summed E-state index contributed by atoms with van der Waals surface area (Å²) in [4.78, 5) is 24.4. The van der Waals surface area contributed by atoms with E-state index >= 15 is 0 Å². The first-order valence-electron chi connectivity index (χ1n) is 5.86. The van der Waals surface area contributed by atoms with Gasteiger partial charge >= 0.3 is 5.97 Å². The van der Waals surface area contributed by atoms with Gasteiger partial charge in [-0.15, -0.1) is 6.58 Å². The van der Waals surface area contributed by atoms with Gasteiger partial charge in [0.05, 0.1) is 0 Å². The number of amides is 1. The molecule has 6 heteroatoms. The average Bonchev–Trinajstić information content (AvgIpc) is 2.69. The first kappa shape index (κ1) is 15.5. The Bertz CT molecular complexity index is 494. The smallest absolute Gasteiger partial charge is 0.323 e. The summed E-state index contributed by atoms with van der Waals surface area (Å²) in [6, 6.07) is 1.81. The van der Waals surface area contributed by atoms with Gasteiger partial charge in [0.15, 0.2) is 0 Å². The van der Waals surface area contributed by atoms with Crippen molar-refractivity contribution in [1.82, 2.24) is 9.47 Å². The van der Waals surface area contributed by atoms with Crippen LogP contribution in [0.15, 0.2) is 29.4 Å². The lowest BCUT2D eigenvalue weighted by Crippen LogP contribution is -2.37. The SMILES string of the molecule is C=CCN(CC(=O)O)C(=O)c1cc(Br)cn1C(C)C. The number of carboxylic acids is 1. The van der Waals surface area contributed by atoms with Crippen LogP contribution in [-0.4, -0.2) is 39.5 Å². The van der Waals surface area contributed by atoms with Gasteiger partial charge in [0.2, 0.25) is 0 Å². The summed E-state index contributed by atoms with van der Waals surface area (Å²) >= 11 is 3.33. The molecule has 0 fully saturated rings. The van der Waals surface area contributed by atoms with Crippen molar-refractivity contribution >= 4 is 27.8 Å². The minimum atomic E-state index is -1.04. The molecule has 1 aromatic rings. The van der Waals surface area contributed by atoms with Crippen LogP contribution < -0.4 is 0 Å². The van der Waals surface area contributed by atoms with Crippen molar-refractivity contribution in [2.75, 3.05) is 13.1 Å². The molecule has 1 heterocycles. The van der Waals surface area contributed by atoms with Crippen molar-refractivity contribution in [3.63, 3.8) is 0 Å². The molecular weight excluding hydrogens is 312 g/mol. The van der Waals surface area contributed by atoms with Crippen LogP contribution in [0, 0.1) is 0 Å². The molecule has 0 aliphatic carbocycles. The Morgan fingerprint density at radius 3 is 2.68 bits per heavy atom. The number of hydrogen-bond acceptors (Lipinski definition) is 2. The Kier molecular flexibility index (Phi) is 5.35. The summed E-state index contributed by atoms with van der Waals surface area (Å²) in [7, 11) is 0. The van der Waals surface area contributed by atoms with Gasteiger partial charge in [-0.2, -0.15) is 0 Å². The number of carboxylic acid groups (broad SMARTS) is 1. The fraction of sp³-hybridized carbons (Fsp3) is 0.385. The molecule has 0 atom stereocenters. The summed E-state index contributed by atoms with van der Waals surface area (Å²) in [5.41, 5.74) is 0.463. The normalized spacial score (nSPS) is 10.5. The predicted octanol–water partition coefficient (Wildman–Crippen LogP) is 2.54. The van der Waals surface area contributed by atoms with Gasteiger partial charge in [-0.05, 0) is 35.8 Å². The van der Waals surface area contributed by atoms with E-state index < -0.39 is 5.97 Å². The lowest BCUT2D eigenvalue weighted by Gasteiger charge is -2.21. The van der Waals surface area contributed by atoms with E-state index in [0.29, 0.717) is 5.69 Å². The van der Waals surface area contributed by atoms with Gasteiger partial charge in [-0.3, -0.25) is 9.59 Å². The summed E-state index contributed by atoms with van der Waals surface area (Å²) in [6.07, 6.45) is 3.32. The van der Waals surface area contributed by atoms with Gasteiger partial charge in [-0.25, -0.2) is 0 Å². The first-order valence-corrected chi connectivity index (χ1v) is 6.65. The van der Waals surface area contributed by atoms with E-state index in [1.807, 2.05) is 24.6 Å².